The fraction of sp³-hybridized carbons (Fsp3) is 0.600. The Morgan fingerprint density at radius 3 is 2.75 bits per heavy atom. The average molecular weight is 218 g/mol. The molecule has 1 aromatic rings. The Labute approximate surface area is 98.5 Å². The van der Waals surface area contributed by atoms with Gasteiger partial charge in [0.1, 0.15) is 0 Å². The number of hydrogen-bond donors (Lipinski definition) is 1. The van der Waals surface area contributed by atoms with Gasteiger partial charge >= 0.3 is 0 Å². The largest absolute Gasteiger partial charge is 0.393 e. The number of aliphatic hydroxyl groups excluding tert-OH is 1. The van der Waals surface area contributed by atoms with Gasteiger partial charge < -0.3 is 5.11 Å². The van der Waals surface area contributed by atoms with Crippen LogP contribution in [0.3, 0.4) is 0 Å². The van der Waals surface area contributed by atoms with Crippen molar-refractivity contribution in [3.8, 4) is 0 Å². The van der Waals surface area contributed by atoms with E-state index in [1.54, 1.807) is 0 Å². The Kier molecular flexibility index (Phi) is 3.65. The molecule has 1 aliphatic rings. The van der Waals surface area contributed by atoms with Gasteiger partial charge in [0.05, 0.1) is 6.10 Å². The van der Waals surface area contributed by atoms with Gasteiger partial charge in [0.15, 0.2) is 0 Å². The number of rotatable bonds is 2. The highest BCUT2D eigenvalue weighted by Gasteiger charge is 2.27. The van der Waals surface area contributed by atoms with Crippen LogP contribution < -0.4 is 0 Å². The Bertz CT molecular complexity index is 345. The van der Waals surface area contributed by atoms with Crippen LogP contribution in [-0.4, -0.2) is 11.2 Å². The Morgan fingerprint density at radius 2 is 2.00 bits per heavy atom. The van der Waals surface area contributed by atoms with Crippen LogP contribution in [0.2, 0.25) is 0 Å². The van der Waals surface area contributed by atoms with E-state index in [2.05, 4.69) is 38.1 Å². The third-order valence-corrected chi connectivity index (χ3v) is 3.95. The Morgan fingerprint density at radius 1 is 1.25 bits per heavy atom. The van der Waals surface area contributed by atoms with E-state index in [0.29, 0.717) is 5.92 Å². The standard InChI is InChI=1S/C15H22O/c1-11-7-8-15(16)14(9-11)10-13-6-4-3-5-12(13)2/h3-6,11,14-16H,7-10H2,1-2H3. The summed E-state index contributed by atoms with van der Waals surface area (Å²) < 4.78 is 0. The van der Waals surface area contributed by atoms with Crippen molar-refractivity contribution in [1.29, 1.82) is 0 Å². The summed E-state index contributed by atoms with van der Waals surface area (Å²) in [4.78, 5) is 0. The van der Waals surface area contributed by atoms with Crippen LogP contribution in [0.1, 0.15) is 37.3 Å². The summed E-state index contributed by atoms with van der Waals surface area (Å²) in [5.74, 6) is 1.24. The minimum atomic E-state index is -0.0872. The highest BCUT2D eigenvalue weighted by atomic mass is 16.3. The fourth-order valence-electron chi connectivity index (χ4n) is 2.82. The second kappa shape index (κ2) is 5.01. The first-order valence-electron chi connectivity index (χ1n) is 6.39. The monoisotopic (exact) mass is 218 g/mol. The van der Waals surface area contributed by atoms with Crippen molar-refractivity contribution in [1.82, 2.24) is 0 Å². The predicted molar refractivity (Wildman–Crippen MR) is 67.4 cm³/mol. The van der Waals surface area contributed by atoms with Crippen molar-refractivity contribution in [3.05, 3.63) is 35.4 Å². The third-order valence-electron chi connectivity index (χ3n) is 3.95. The first kappa shape index (κ1) is 11.7. The van der Waals surface area contributed by atoms with Crippen LogP contribution >= 0.6 is 0 Å². The topological polar surface area (TPSA) is 20.2 Å². The zero-order valence-electron chi connectivity index (χ0n) is 10.3. The molecule has 16 heavy (non-hydrogen) atoms. The molecule has 2 rings (SSSR count). The van der Waals surface area contributed by atoms with Crippen molar-refractivity contribution in [2.75, 3.05) is 0 Å². The molecule has 3 unspecified atom stereocenters. The van der Waals surface area contributed by atoms with E-state index in [0.717, 1.165) is 18.8 Å². The summed E-state index contributed by atoms with van der Waals surface area (Å²) in [5, 5.41) is 10.0. The number of hydrogen-bond acceptors (Lipinski definition) is 1. The molecule has 0 bridgehead atoms. The van der Waals surface area contributed by atoms with Crippen molar-refractivity contribution >= 4 is 0 Å². The SMILES string of the molecule is Cc1ccccc1CC1CC(C)CCC1O. The Hall–Kier alpha value is -0.820. The van der Waals surface area contributed by atoms with Crippen molar-refractivity contribution in [2.24, 2.45) is 11.8 Å². The molecule has 3 atom stereocenters. The van der Waals surface area contributed by atoms with Crippen LogP contribution in [-0.2, 0) is 6.42 Å². The molecule has 0 saturated heterocycles. The minimum Gasteiger partial charge on any atom is -0.393 e. The van der Waals surface area contributed by atoms with Gasteiger partial charge in [-0.15, -0.1) is 0 Å². The van der Waals surface area contributed by atoms with Gasteiger partial charge in [-0.3, -0.25) is 0 Å². The maximum Gasteiger partial charge on any atom is 0.0571 e. The molecular formula is C15H22O. The molecule has 0 radical (unpaired) electrons. The van der Waals surface area contributed by atoms with E-state index in [4.69, 9.17) is 0 Å². The van der Waals surface area contributed by atoms with Gasteiger partial charge in [0, 0.05) is 0 Å². The lowest BCUT2D eigenvalue weighted by molar-refractivity contribution is 0.0519. The van der Waals surface area contributed by atoms with Gasteiger partial charge in [0.2, 0.25) is 0 Å². The number of aliphatic hydroxyl groups is 1. The third kappa shape index (κ3) is 2.65. The molecule has 1 fully saturated rings. The quantitative estimate of drug-likeness (QED) is 0.807. The molecule has 1 aliphatic carbocycles. The normalized spacial score (nSPS) is 30.3. The molecule has 0 aromatic heterocycles. The average Bonchev–Trinajstić information content (AvgIpc) is 2.27. The van der Waals surface area contributed by atoms with Crippen LogP contribution in [0.25, 0.3) is 0 Å². The summed E-state index contributed by atoms with van der Waals surface area (Å²) in [7, 11) is 0. The van der Waals surface area contributed by atoms with Gasteiger partial charge in [0.25, 0.3) is 0 Å². The van der Waals surface area contributed by atoms with Crippen LogP contribution in [0.4, 0.5) is 0 Å². The first-order valence-corrected chi connectivity index (χ1v) is 6.39. The zero-order chi connectivity index (χ0) is 11.5. The van der Waals surface area contributed by atoms with E-state index in [9.17, 15) is 5.11 Å². The van der Waals surface area contributed by atoms with E-state index >= 15 is 0 Å². The molecule has 0 heterocycles. The highest BCUT2D eigenvalue weighted by molar-refractivity contribution is 5.26. The summed E-state index contributed by atoms with van der Waals surface area (Å²) in [6.45, 7) is 4.46. The molecule has 1 saturated carbocycles. The summed E-state index contributed by atoms with van der Waals surface area (Å²) in [6.07, 6.45) is 4.30. The molecule has 1 N–H and O–H groups in total. The van der Waals surface area contributed by atoms with Gasteiger partial charge in [-0.05, 0) is 55.6 Å². The summed E-state index contributed by atoms with van der Waals surface area (Å²) in [6, 6.07) is 8.54. The van der Waals surface area contributed by atoms with Crippen LogP contribution in [0.15, 0.2) is 24.3 Å². The summed E-state index contributed by atoms with van der Waals surface area (Å²) >= 11 is 0. The fourth-order valence-corrected chi connectivity index (χ4v) is 2.82. The van der Waals surface area contributed by atoms with E-state index in [1.165, 1.54) is 24.0 Å². The Balaban J connectivity index is 2.06. The second-order valence-electron chi connectivity index (χ2n) is 5.38. The van der Waals surface area contributed by atoms with Crippen LogP contribution in [0, 0.1) is 18.8 Å². The first-order chi connectivity index (χ1) is 7.66. The molecule has 0 amide bonds. The maximum atomic E-state index is 10.0. The zero-order valence-corrected chi connectivity index (χ0v) is 10.3. The maximum absolute atomic E-state index is 10.0. The predicted octanol–water partition coefficient (Wildman–Crippen LogP) is 3.33. The minimum absolute atomic E-state index is 0.0872. The van der Waals surface area contributed by atoms with Crippen LogP contribution in [0.5, 0.6) is 0 Å². The summed E-state index contributed by atoms with van der Waals surface area (Å²) in [5.41, 5.74) is 2.76. The number of aryl methyl sites for hydroxylation is 1. The van der Waals surface area contributed by atoms with E-state index < -0.39 is 0 Å². The molecular weight excluding hydrogens is 196 g/mol. The van der Waals surface area contributed by atoms with Crippen molar-refractivity contribution in [2.45, 2.75) is 45.6 Å². The lowest BCUT2D eigenvalue weighted by atomic mass is 9.77. The van der Waals surface area contributed by atoms with Gasteiger partial charge in [-0.25, -0.2) is 0 Å². The van der Waals surface area contributed by atoms with E-state index in [-0.39, 0.29) is 6.10 Å². The molecule has 88 valence electrons. The highest BCUT2D eigenvalue weighted by Crippen LogP contribution is 2.31. The lowest BCUT2D eigenvalue weighted by Gasteiger charge is -2.32. The smallest absolute Gasteiger partial charge is 0.0571 e. The van der Waals surface area contributed by atoms with Gasteiger partial charge in [-0.2, -0.15) is 0 Å². The molecule has 1 aromatic carbocycles. The lowest BCUT2D eigenvalue weighted by Crippen LogP contribution is -2.29. The number of benzene rings is 1. The van der Waals surface area contributed by atoms with E-state index in [1.807, 2.05) is 0 Å². The molecule has 0 aliphatic heterocycles. The second-order valence-corrected chi connectivity index (χ2v) is 5.38. The van der Waals surface area contributed by atoms with Gasteiger partial charge in [-0.1, -0.05) is 31.2 Å². The van der Waals surface area contributed by atoms with Crippen molar-refractivity contribution < 1.29 is 5.11 Å². The molecule has 0 spiro atoms. The molecule has 1 nitrogen and oxygen atoms in total. The molecule has 1 heteroatoms. The van der Waals surface area contributed by atoms with Crippen molar-refractivity contribution in [3.63, 3.8) is 0 Å².